The number of hydrogen-bond acceptors (Lipinski definition) is 4. The van der Waals surface area contributed by atoms with Crippen LogP contribution in [-0.2, 0) is 4.79 Å². The molecule has 8 heteroatoms. The zero-order valence-corrected chi connectivity index (χ0v) is 14.1. The predicted molar refractivity (Wildman–Crippen MR) is 92.1 cm³/mol. The van der Waals surface area contributed by atoms with Crippen molar-refractivity contribution in [3.05, 3.63) is 52.5 Å². The van der Waals surface area contributed by atoms with Crippen molar-refractivity contribution in [1.82, 2.24) is 5.32 Å². The van der Waals surface area contributed by atoms with Crippen molar-refractivity contribution >= 4 is 40.8 Å². The highest BCUT2D eigenvalue weighted by Crippen LogP contribution is 2.24. The van der Waals surface area contributed by atoms with E-state index in [1.54, 1.807) is 37.4 Å². The summed E-state index contributed by atoms with van der Waals surface area (Å²) in [5.41, 5.74) is 0.517. The number of carbonyl (C=O) groups excluding carboxylic acids is 2. The van der Waals surface area contributed by atoms with Crippen LogP contribution in [0, 0.1) is 0 Å². The van der Waals surface area contributed by atoms with Gasteiger partial charge in [0.05, 0.1) is 7.11 Å². The third-order valence-electron chi connectivity index (χ3n) is 2.81. The average molecular weight is 369 g/mol. The van der Waals surface area contributed by atoms with E-state index in [1.165, 1.54) is 12.1 Å². The minimum Gasteiger partial charge on any atom is -0.497 e. The smallest absolute Gasteiger partial charge is 0.325 e. The number of ether oxygens (including phenoxy) is 2. The Balaban J connectivity index is 1.81. The quantitative estimate of drug-likeness (QED) is 0.842. The van der Waals surface area contributed by atoms with Gasteiger partial charge in [0.25, 0.3) is 5.91 Å². The maximum atomic E-state index is 11.7. The van der Waals surface area contributed by atoms with Crippen LogP contribution in [0.1, 0.15) is 0 Å². The Bertz CT molecular complexity index is 715. The highest BCUT2D eigenvalue weighted by molar-refractivity contribution is 6.34. The van der Waals surface area contributed by atoms with Crippen LogP contribution >= 0.6 is 23.2 Å². The van der Waals surface area contributed by atoms with Crippen molar-refractivity contribution in [3.63, 3.8) is 0 Å². The number of methoxy groups -OCH3 is 1. The summed E-state index contributed by atoms with van der Waals surface area (Å²) in [6, 6.07) is 10.6. The first kappa shape index (κ1) is 17.9. The molecule has 0 unspecified atom stereocenters. The summed E-state index contributed by atoms with van der Waals surface area (Å²) in [5.74, 6) is 0.376. The number of halogens is 2. The van der Waals surface area contributed by atoms with Gasteiger partial charge in [-0.2, -0.15) is 0 Å². The van der Waals surface area contributed by atoms with Crippen LogP contribution in [0.5, 0.6) is 11.5 Å². The van der Waals surface area contributed by atoms with E-state index in [0.29, 0.717) is 27.2 Å². The van der Waals surface area contributed by atoms with Crippen LogP contribution in [0.15, 0.2) is 42.5 Å². The van der Waals surface area contributed by atoms with Gasteiger partial charge in [0.1, 0.15) is 11.5 Å². The zero-order chi connectivity index (χ0) is 17.5. The minimum atomic E-state index is -0.669. The second-order valence-electron chi connectivity index (χ2n) is 4.62. The Labute approximate surface area is 148 Å². The van der Waals surface area contributed by atoms with E-state index in [-0.39, 0.29) is 6.61 Å². The molecule has 0 atom stereocenters. The molecule has 0 saturated heterocycles. The number of anilines is 1. The normalized spacial score (nSPS) is 9.96. The number of amides is 3. The molecule has 0 aliphatic carbocycles. The fourth-order valence-electron chi connectivity index (χ4n) is 1.76. The van der Waals surface area contributed by atoms with Crippen molar-refractivity contribution in [3.8, 4) is 11.5 Å². The van der Waals surface area contributed by atoms with Gasteiger partial charge in [0, 0.05) is 15.7 Å². The van der Waals surface area contributed by atoms with E-state index in [1.807, 2.05) is 0 Å². The molecule has 3 amide bonds. The van der Waals surface area contributed by atoms with Crippen LogP contribution in [0.2, 0.25) is 10.0 Å². The Morgan fingerprint density at radius 2 is 1.62 bits per heavy atom. The molecule has 0 spiro atoms. The van der Waals surface area contributed by atoms with Crippen LogP contribution < -0.4 is 20.1 Å². The fourth-order valence-corrected chi connectivity index (χ4v) is 2.27. The number of imide groups is 1. The molecule has 2 N–H and O–H groups in total. The molecule has 2 aromatic rings. The number of urea groups is 1. The molecular weight excluding hydrogens is 355 g/mol. The van der Waals surface area contributed by atoms with Gasteiger partial charge in [-0.3, -0.25) is 10.1 Å². The van der Waals surface area contributed by atoms with E-state index >= 15 is 0 Å². The largest absolute Gasteiger partial charge is 0.497 e. The van der Waals surface area contributed by atoms with Gasteiger partial charge in [0.15, 0.2) is 6.61 Å². The van der Waals surface area contributed by atoms with E-state index in [9.17, 15) is 9.59 Å². The molecule has 6 nitrogen and oxygen atoms in total. The van der Waals surface area contributed by atoms with Crippen LogP contribution in [0.25, 0.3) is 0 Å². The monoisotopic (exact) mass is 368 g/mol. The maximum Gasteiger partial charge on any atom is 0.325 e. The third kappa shape index (κ3) is 5.64. The standard InChI is InChI=1S/C16H14Cl2N2O4/c1-23-13-4-2-12(3-5-13)19-16(22)20-15(21)9-24-14-7-10(17)6-11(18)8-14/h2-8H,9H2,1H3,(H2,19,20,21,22). The number of carbonyl (C=O) groups is 2. The SMILES string of the molecule is COc1ccc(NC(=O)NC(=O)COc2cc(Cl)cc(Cl)c2)cc1. The molecule has 0 radical (unpaired) electrons. The van der Waals surface area contributed by atoms with Crippen molar-refractivity contribution in [2.24, 2.45) is 0 Å². The van der Waals surface area contributed by atoms with Crippen LogP contribution in [0.3, 0.4) is 0 Å². The molecule has 2 aromatic carbocycles. The number of hydrogen-bond donors (Lipinski definition) is 2. The Morgan fingerprint density at radius 1 is 1.00 bits per heavy atom. The molecule has 0 fully saturated rings. The average Bonchev–Trinajstić information content (AvgIpc) is 2.52. The minimum absolute atomic E-state index is 0.332. The molecule has 0 saturated carbocycles. The topological polar surface area (TPSA) is 76.7 Å². The van der Waals surface area contributed by atoms with Crippen molar-refractivity contribution < 1.29 is 19.1 Å². The van der Waals surface area contributed by atoms with E-state index in [2.05, 4.69) is 10.6 Å². The molecule has 0 heterocycles. The molecular formula is C16H14Cl2N2O4. The molecule has 0 aliphatic rings. The first-order valence-corrected chi connectivity index (χ1v) is 7.55. The maximum absolute atomic E-state index is 11.7. The summed E-state index contributed by atoms with van der Waals surface area (Å²) < 4.78 is 10.2. The molecule has 126 valence electrons. The van der Waals surface area contributed by atoms with Gasteiger partial charge < -0.3 is 14.8 Å². The molecule has 0 bridgehead atoms. The number of nitrogens with one attached hydrogen (secondary N) is 2. The van der Waals surface area contributed by atoms with Crippen molar-refractivity contribution in [2.45, 2.75) is 0 Å². The van der Waals surface area contributed by atoms with Gasteiger partial charge in [-0.1, -0.05) is 23.2 Å². The van der Waals surface area contributed by atoms with Gasteiger partial charge >= 0.3 is 6.03 Å². The first-order chi connectivity index (χ1) is 11.5. The van der Waals surface area contributed by atoms with Crippen molar-refractivity contribution in [1.29, 1.82) is 0 Å². The van der Waals surface area contributed by atoms with Crippen LogP contribution in [-0.4, -0.2) is 25.7 Å². The molecule has 24 heavy (non-hydrogen) atoms. The van der Waals surface area contributed by atoms with E-state index in [0.717, 1.165) is 0 Å². The lowest BCUT2D eigenvalue weighted by Crippen LogP contribution is -2.37. The third-order valence-corrected chi connectivity index (χ3v) is 3.24. The first-order valence-electron chi connectivity index (χ1n) is 6.80. The van der Waals surface area contributed by atoms with Crippen LogP contribution in [0.4, 0.5) is 10.5 Å². The second kappa shape index (κ2) is 8.42. The van der Waals surface area contributed by atoms with E-state index in [4.69, 9.17) is 32.7 Å². The molecule has 0 aromatic heterocycles. The Hall–Kier alpha value is -2.44. The zero-order valence-electron chi connectivity index (χ0n) is 12.6. The lowest BCUT2D eigenvalue weighted by molar-refractivity contribution is -0.121. The summed E-state index contributed by atoms with van der Waals surface area (Å²) in [5, 5.41) is 5.43. The Kier molecular flexibility index (Phi) is 6.28. The predicted octanol–water partition coefficient (Wildman–Crippen LogP) is 3.73. The fraction of sp³-hybridized carbons (Fsp3) is 0.125. The lowest BCUT2D eigenvalue weighted by Gasteiger charge is -2.09. The summed E-state index contributed by atoms with van der Waals surface area (Å²) in [6.07, 6.45) is 0. The molecule has 2 rings (SSSR count). The van der Waals surface area contributed by atoms with Crippen molar-refractivity contribution in [2.75, 3.05) is 19.0 Å². The second-order valence-corrected chi connectivity index (χ2v) is 5.50. The summed E-state index contributed by atoms with van der Waals surface area (Å²) >= 11 is 11.6. The summed E-state index contributed by atoms with van der Waals surface area (Å²) in [4.78, 5) is 23.4. The van der Waals surface area contributed by atoms with Gasteiger partial charge in [0.2, 0.25) is 0 Å². The number of rotatable bonds is 5. The highest BCUT2D eigenvalue weighted by Gasteiger charge is 2.09. The van der Waals surface area contributed by atoms with Gasteiger partial charge in [-0.25, -0.2) is 4.79 Å². The van der Waals surface area contributed by atoms with Gasteiger partial charge in [-0.05, 0) is 42.5 Å². The Morgan fingerprint density at radius 3 is 2.21 bits per heavy atom. The summed E-state index contributed by atoms with van der Waals surface area (Å²) in [7, 11) is 1.54. The molecule has 0 aliphatic heterocycles. The van der Waals surface area contributed by atoms with Gasteiger partial charge in [-0.15, -0.1) is 0 Å². The number of benzene rings is 2. The lowest BCUT2D eigenvalue weighted by atomic mass is 10.3. The van der Waals surface area contributed by atoms with E-state index < -0.39 is 11.9 Å². The highest BCUT2D eigenvalue weighted by atomic mass is 35.5. The summed E-state index contributed by atoms with van der Waals surface area (Å²) in [6.45, 7) is -0.354.